The zero-order valence-electron chi connectivity index (χ0n) is 15.5. The summed E-state index contributed by atoms with van der Waals surface area (Å²) in [6, 6.07) is 6.62. The number of carbonyl (C=O) groups excluding carboxylic acids is 1. The normalized spacial score (nSPS) is 15.2. The van der Waals surface area contributed by atoms with Gasteiger partial charge in [0.1, 0.15) is 5.82 Å². The van der Waals surface area contributed by atoms with Crippen molar-refractivity contribution >= 4 is 27.3 Å². The molecule has 1 fully saturated rings. The second kappa shape index (κ2) is 8.60. The average Bonchev–Trinajstić information content (AvgIpc) is 3.45. The molecule has 1 saturated heterocycles. The fraction of sp³-hybridized carbons (Fsp3) is 0.278. The smallest absolute Gasteiger partial charge is 0.341 e. The number of aromatic nitrogens is 2. The molecule has 0 aliphatic carbocycles. The molecule has 0 N–H and O–H groups in total. The number of nitrogens with zero attached hydrogens (tertiary/aromatic N) is 3. The van der Waals surface area contributed by atoms with E-state index in [-0.39, 0.29) is 49.6 Å². The Morgan fingerprint density at radius 1 is 1.23 bits per heavy atom. The molecule has 0 spiro atoms. The first-order valence-electron chi connectivity index (χ1n) is 8.86. The van der Waals surface area contributed by atoms with Gasteiger partial charge in [0.25, 0.3) is 11.8 Å². The van der Waals surface area contributed by atoms with E-state index in [4.69, 9.17) is 13.9 Å². The Kier molecular flexibility index (Phi) is 5.90. The van der Waals surface area contributed by atoms with Gasteiger partial charge in [-0.25, -0.2) is 17.6 Å². The fourth-order valence-electron chi connectivity index (χ4n) is 2.77. The van der Waals surface area contributed by atoms with Gasteiger partial charge in [-0.2, -0.15) is 4.31 Å². The molecule has 1 aromatic carbocycles. The number of morpholine rings is 1. The predicted octanol–water partition coefficient (Wildman–Crippen LogP) is 2.32. The average molecular weight is 453 g/mol. The van der Waals surface area contributed by atoms with Gasteiger partial charge in [-0.05, 0) is 29.6 Å². The van der Waals surface area contributed by atoms with Crippen LogP contribution in [0.15, 0.2) is 45.0 Å². The fourth-order valence-corrected chi connectivity index (χ4v) is 4.85. The quantitative estimate of drug-likeness (QED) is 0.523. The van der Waals surface area contributed by atoms with Crippen molar-refractivity contribution in [1.29, 1.82) is 0 Å². The summed E-state index contributed by atoms with van der Waals surface area (Å²) in [5.41, 5.74) is -0.498. The van der Waals surface area contributed by atoms with Crippen molar-refractivity contribution in [2.45, 2.75) is 11.5 Å². The van der Waals surface area contributed by atoms with Crippen molar-refractivity contribution in [3.8, 4) is 10.8 Å². The molecular formula is C18H16FN3O6S2. The van der Waals surface area contributed by atoms with Crippen molar-refractivity contribution in [2.75, 3.05) is 26.3 Å². The summed E-state index contributed by atoms with van der Waals surface area (Å²) in [5.74, 6) is -1.63. The van der Waals surface area contributed by atoms with Crippen LogP contribution in [-0.4, -0.2) is 55.2 Å². The summed E-state index contributed by atoms with van der Waals surface area (Å²) in [7, 11) is -3.88. The SMILES string of the molecule is O=C(OCc1nnc(-c2cccs2)o1)c1cc(S(=O)(=O)N2CCOCC2)ccc1F. The first-order valence-corrected chi connectivity index (χ1v) is 11.2. The van der Waals surface area contributed by atoms with Crippen molar-refractivity contribution in [3.05, 3.63) is 53.0 Å². The Labute approximate surface area is 175 Å². The first-order chi connectivity index (χ1) is 14.4. The Morgan fingerprint density at radius 3 is 2.77 bits per heavy atom. The monoisotopic (exact) mass is 453 g/mol. The molecule has 1 aliphatic heterocycles. The summed E-state index contributed by atoms with van der Waals surface area (Å²) in [6.07, 6.45) is 0. The lowest BCUT2D eigenvalue weighted by atomic mass is 10.2. The lowest BCUT2D eigenvalue weighted by Gasteiger charge is -2.26. The second-order valence-electron chi connectivity index (χ2n) is 6.21. The van der Waals surface area contributed by atoms with Crippen molar-refractivity contribution < 1.29 is 31.5 Å². The molecular weight excluding hydrogens is 437 g/mol. The minimum Gasteiger partial charge on any atom is -0.452 e. The topological polar surface area (TPSA) is 112 Å². The number of halogens is 1. The second-order valence-corrected chi connectivity index (χ2v) is 9.10. The molecule has 4 rings (SSSR count). The highest BCUT2D eigenvalue weighted by Gasteiger charge is 2.28. The Morgan fingerprint density at radius 2 is 2.03 bits per heavy atom. The summed E-state index contributed by atoms with van der Waals surface area (Å²) >= 11 is 1.41. The van der Waals surface area contributed by atoms with Crippen LogP contribution in [0, 0.1) is 5.82 Å². The molecule has 0 amide bonds. The maximum Gasteiger partial charge on any atom is 0.341 e. The summed E-state index contributed by atoms with van der Waals surface area (Å²) in [4.78, 5) is 12.9. The standard InChI is InChI=1S/C18H16FN3O6S2/c19-14-4-3-12(30(24,25)22-5-7-26-8-6-22)10-13(14)18(23)27-11-16-20-21-17(28-16)15-2-1-9-29-15/h1-4,9-10H,5-8,11H2. The maximum atomic E-state index is 14.2. The van der Waals surface area contributed by atoms with Crippen LogP contribution in [0.4, 0.5) is 4.39 Å². The van der Waals surface area contributed by atoms with Gasteiger partial charge in [0.2, 0.25) is 10.0 Å². The Balaban J connectivity index is 1.48. The van der Waals surface area contributed by atoms with Gasteiger partial charge in [-0.1, -0.05) is 6.07 Å². The number of sulfonamides is 1. The van der Waals surface area contributed by atoms with Gasteiger partial charge in [-0.3, -0.25) is 0 Å². The van der Waals surface area contributed by atoms with Crippen LogP contribution in [-0.2, 0) is 26.1 Å². The van der Waals surface area contributed by atoms with E-state index >= 15 is 0 Å². The molecule has 0 unspecified atom stereocenters. The Bertz CT molecular complexity index is 1140. The van der Waals surface area contributed by atoms with Crippen LogP contribution >= 0.6 is 11.3 Å². The van der Waals surface area contributed by atoms with Crippen LogP contribution in [0.2, 0.25) is 0 Å². The number of rotatable bonds is 6. The van der Waals surface area contributed by atoms with Crippen LogP contribution in [0.25, 0.3) is 10.8 Å². The van der Waals surface area contributed by atoms with E-state index in [9.17, 15) is 17.6 Å². The molecule has 0 saturated carbocycles. The van der Waals surface area contributed by atoms with Crippen LogP contribution < -0.4 is 0 Å². The van der Waals surface area contributed by atoms with Gasteiger partial charge in [0, 0.05) is 13.1 Å². The van der Waals surface area contributed by atoms with Gasteiger partial charge in [0.15, 0.2) is 6.61 Å². The van der Waals surface area contributed by atoms with Crippen molar-refractivity contribution in [2.24, 2.45) is 0 Å². The highest BCUT2D eigenvalue weighted by molar-refractivity contribution is 7.89. The maximum absolute atomic E-state index is 14.2. The van der Waals surface area contributed by atoms with Crippen LogP contribution in [0.1, 0.15) is 16.2 Å². The van der Waals surface area contributed by atoms with Crippen LogP contribution in [0.3, 0.4) is 0 Å². The number of hydrogen-bond donors (Lipinski definition) is 0. The number of thiophene rings is 1. The minimum atomic E-state index is -3.88. The molecule has 0 atom stereocenters. The molecule has 3 heterocycles. The van der Waals surface area contributed by atoms with Gasteiger partial charge >= 0.3 is 5.97 Å². The van der Waals surface area contributed by atoms with Gasteiger partial charge in [-0.15, -0.1) is 21.5 Å². The third kappa shape index (κ3) is 4.26. The van der Waals surface area contributed by atoms with E-state index in [1.165, 1.54) is 15.6 Å². The van der Waals surface area contributed by atoms with Crippen molar-refractivity contribution in [1.82, 2.24) is 14.5 Å². The lowest BCUT2D eigenvalue weighted by Crippen LogP contribution is -2.40. The molecule has 30 heavy (non-hydrogen) atoms. The van der Waals surface area contributed by atoms with E-state index in [0.29, 0.717) is 0 Å². The van der Waals surface area contributed by atoms with E-state index in [0.717, 1.165) is 23.1 Å². The number of benzene rings is 1. The van der Waals surface area contributed by atoms with E-state index in [2.05, 4.69) is 10.2 Å². The first kappa shape index (κ1) is 20.6. The highest BCUT2D eigenvalue weighted by Crippen LogP contribution is 2.24. The largest absolute Gasteiger partial charge is 0.452 e. The number of carbonyl (C=O) groups is 1. The van der Waals surface area contributed by atoms with Crippen molar-refractivity contribution in [3.63, 3.8) is 0 Å². The van der Waals surface area contributed by atoms with Gasteiger partial charge < -0.3 is 13.9 Å². The molecule has 0 bridgehead atoms. The molecule has 1 aliphatic rings. The lowest BCUT2D eigenvalue weighted by molar-refractivity contribution is 0.0433. The number of hydrogen-bond acceptors (Lipinski definition) is 9. The minimum absolute atomic E-state index is 0.0317. The van der Waals surface area contributed by atoms with Gasteiger partial charge in [0.05, 0.1) is 28.5 Å². The summed E-state index contributed by atoms with van der Waals surface area (Å²) < 4.78 is 56.5. The van der Waals surface area contributed by atoms with E-state index in [1.807, 2.05) is 11.4 Å². The van der Waals surface area contributed by atoms with E-state index < -0.39 is 27.4 Å². The molecule has 9 nitrogen and oxygen atoms in total. The zero-order valence-corrected chi connectivity index (χ0v) is 17.1. The molecule has 12 heteroatoms. The summed E-state index contributed by atoms with van der Waals surface area (Å²) in [5, 5.41) is 9.49. The highest BCUT2D eigenvalue weighted by atomic mass is 32.2. The summed E-state index contributed by atoms with van der Waals surface area (Å²) in [6.45, 7) is 0.531. The molecule has 3 aromatic rings. The van der Waals surface area contributed by atoms with E-state index in [1.54, 1.807) is 6.07 Å². The third-order valence-corrected chi connectivity index (χ3v) is 7.04. The zero-order chi connectivity index (χ0) is 21.1. The Hall–Kier alpha value is -2.67. The number of ether oxygens (including phenoxy) is 2. The third-order valence-electron chi connectivity index (χ3n) is 4.29. The molecule has 158 valence electrons. The molecule has 2 aromatic heterocycles. The van der Waals surface area contributed by atoms with Crippen LogP contribution in [0.5, 0.6) is 0 Å². The predicted molar refractivity (Wildman–Crippen MR) is 103 cm³/mol. The molecule has 0 radical (unpaired) electrons. The number of esters is 1.